The summed E-state index contributed by atoms with van der Waals surface area (Å²) in [5, 5.41) is 47.5. The van der Waals surface area contributed by atoms with Crippen molar-refractivity contribution in [2.45, 2.75) is 76.3 Å². The fourth-order valence-corrected chi connectivity index (χ4v) is 6.09. The number of methoxy groups -OCH3 is 1. The Morgan fingerprint density at radius 1 is 1.12 bits per heavy atom. The van der Waals surface area contributed by atoms with Crippen molar-refractivity contribution in [3.8, 4) is 17.2 Å². The van der Waals surface area contributed by atoms with Gasteiger partial charge in [0, 0.05) is 36.0 Å². The van der Waals surface area contributed by atoms with E-state index in [1.165, 1.54) is 25.3 Å². The van der Waals surface area contributed by atoms with Gasteiger partial charge in [0.1, 0.15) is 29.0 Å². The van der Waals surface area contributed by atoms with E-state index in [9.17, 15) is 39.6 Å². The average Bonchev–Trinajstić information content (AvgIpc) is 2.95. The molecule has 13 heteroatoms. The first-order valence-corrected chi connectivity index (χ1v) is 13.9. The van der Waals surface area contributed by atoms with Crippen molar-refractivity contribution in [3.05, 3.63) is 51.6 Å². The molecule has 230 valence electrons. The predicted molar refractivity (Wildman–Crippen MR) is 146 cm³/mol. The van der Waals surface area contributed by atoms with Gasteiger partial charge in [0.2, 0.25) is 5.78 Å². The number of Topliss-reactive ketones (excluding diaryl/α,β-unsaturated/α-hetero) is 1. The molecule has 2 aromatic carbocycles. The van der Waals surface area contributed by atoms with Crippen molar-refractivity contribution in [2.75, 3.05) is 13.7 Å². The number of hydrogen-bond acceptors (Lipinski definition) is 12. The second-order valence-corrected chi connectivity index (χ2v) is 10.9. The molecule has 43 heavy (non-hydrogen) atoms. The van der Waals surface area contributed by atoms with Crippen LogP contribution in [0.3, 0.4) is 0 Å². The number of nitrogens with one attached hydrogen (secondary N) is 1. The lowest BCUT2D eigenvalue weighted by molar-refractivity contribution is -0.249. The molecule has 5 N–H and O–H groups in total. The Kier molecular flexibility index (Phi) is 7.94. The summed E-state index contributed by atoms with van der Waals surface area (Å²) in [6.07, 6.45) is -6.15. The van der Waals surface area contributed by atoms with Crippen molar-refractivity contribution in [1.82, 2.24) is 5.32 Å². The minimum absolute atomic E-state index is 0.0415. The molecule has 1 aliphatic heterocycles. The largest absolute Gasteiger partial charge is 0.507 e. The van der Waals surface area contributed by atoms with E-state index in [4.69, 9.17) is 18.9 Å². The van der Waals surface area contributed by atoms with Gasteiger partial charge in [-0.2, -0.15) is 0 Å². The van der Waals surface area contributed by atoms with Crippen molar-refractivity contribution >= 4 is 23.4 Å². The number of aliphatic hydroxyl groups is 2. The van der Waals surface area contributed by atoms with Crippen LogP contribution in [-0.2, 0) is 25.4 Å². The van der Waals surface area contributed by atoms with Crippen LogP contribution in [-0.4, -0.2) is 87.7 Å². The van der Waals surface area contributed by atoms with E-state index in [2.05, 4.69) is 5.32 Å². The third kappa shape index (κ3) is 5.01. The molecule has 0 saturated carbocycles. The first kappa shape index (κ1) is 30.4. The third-order valence-corrected chi connectivity index (χ3v) is 8.33. The molecule has 2 aliphatic carbocycles. The van der Waals surface area contributed by atoms with E-state index in [0.29, 0.717) is 0 Å². The average molecular weight is 600 g/mol. The lowest BCUT2D eigenvalue weighted by Crippen LogP contribution is -2.55. The fourth-order valence-electron chi connectivity index (χ4n) is 6.09. The normalized spacial score (nSPS) is 27.9. The molecule has 0 aromatic heterocycles. The number of rotatable bonds is 6. The van der Waals surface area contributed by atoms with Crippen LogP contribution < -0.4 is 10.1 Å². The number of amides is 1. The molecule has 1 heterocycles. The molecule has 0 radical (unpaired) electrons. The van der Waals surface area contributed by atoms with E-state index in [1.54, 1.807) is 13.8 Å². The number of ether oxygens (including phenoxy) is 4. The van der Waals surface area contributed by atoms with Crippen molar-refractivity contribution in [2.24, 2.45) is 0 Å². The number of ketones is 3. The molecule has 13 nitrogen and oxygen atoms in total. The summed E-state index contributed by atoms with van der Waals surface area (Å²) in [5.41, 5.74) is -3.35. The smallest absolute Gasteiger partial charge is 0.407 e. The lowest BCUT2D eigenvalue weighted by Gasteiger charge is -2.42. The Morgan fingerprint density at radius 3 is 2.47 bits per heavy atom. The van der Waals surface area contributed by atoms with Crippen LogP contribution in [0.15, 0.2) is 18.2 Å². The van der Waals surface area contributed by atoms with E-state index in [1.807, 2.05) is 0 Å². The maximum atomic E-state index is 13.8. The minimum Gasteiger partial charge on any atom is -0.507 e. The molecule has 1 amide bonds. The van der Waals surface area contributed by atoms with Crippen LogP contribution >= 0.6 is 0 Å². The molecule has 2 aromatic rings. The zero-order valence-electron chi connectivity index (χ0n) is 24.0. The highest BCUT2D eigenvalue weighted by molar-refractivity contribution is 6.31. The van der Waals surface area contributed by atoms with Gasteiger partial charge < -0.3 is 44.7 Å². The van der Waals surface area contributed by atoms with Gasteiger partial charge in [0.05, 0.1) is 48.7 Å². The van der Waals surface area contributed by atoms with Gasteiger partial charge in [-0.15, -0.1) is 0 Å². The predicted octanol–water partition coefficient (Wildman–Crippen LogP) is 1.82. The molecular formula is C30H33NO12. The molecule has 5 rings (SSSR count). The van der Waals surface area contributed by atoms with Crippen molar-refractivity contribution < 1.29 is 58.6 Å². The van der Waals surface area contributed by atoms with E-state index < -0.39 is 95.2 Å². The summed E-state index contributed by atoms with van der Waals surface area (Å²) in [5.74, 6) is -3.40. The number of aromatic hydroxyl groups is 2. The number of phenolic OH excluding ortho intramolecular Hbond substituents is 2. The Balaban J connectivity index is 1.60. The maximum Gasteiger partial charge on any atom is 0.407 e. The molecule has 0 spiro atoms. The van der Waals surface area contributed by atoms with Gasteiger partial charge in [-0.05, 0) is 26.8 Å². The Morgan fingerprint density at radius 2 is 1.81 bits per heavy atom. The van der Waals surface area contributed by atoms with Gasteiger partial charge in [-0.1, -0.05) is 12.1 Å². The molecule has 1 fully saturated rings. The molecule has 1 saturated heterocycles. The number of hydrogen-bond donors (Lipinski definition) is 5. The standard InChI is InChI=1S/C30H33NO12/c1-5-41-29(38)31-16-9-19(42-12(2)24(16)33)43-18-11-30(39,13(3)32)10-15-21(18)28(37)23-22(26(15)35)25(34)14-7-6-8-17(40-4)20(14)27(23)36/h6-8,12,16,18-19,24,33,35,37,39H,5,9-11H2,1-4H3,(H,31,38). The van der Waals surface area contributed by atoms with Gasteiger partial charge in [0.15, 0.2) is 17.9 Å². The van der Waals surface area contributed by atoms with E-state index in [0.717, 1.165) is 6.92 Å². The number of fused-ring (bicyclic) bond motifs is 3. The highest BCUT2D eigenvalue weighted by Gasteiger charge is 2.49. The summed E-state index contributed by atoms with van der Waals surface area (Å²) in [7, 11) is 1.33. The first-order chi connectivity index (χ1) is 20.3. The number of phenols is 2. The van der Waals surface area contributed by atoms with Crippen LogP contribution in [0.1, 0.15) is 82.7 Å². The van der Waals surface area contributed by atoms with Gasteiger partial charge in [-0.3, -0.25) is 14.4 Å². The second-order valence-electron chi connectivity index (χ2n) is 10.9. The Labute approximate surface area is 246 Å². The third-order valence-electron chi connectivity index (χ3n) is 8.33. The summed E-state index contributed by atoms with van der Waals surface area (Å²) < 4.78 is 22.2. The summed E-state index contributed by atoms with van der Waals surface area (Å²) >= 11 is 0. The lowest BCUT2D eigenvalue weighted by atomic mass is 9.72. The number of benzene rings is 2. The first-order valence-electron chi connectivity index (χ1n) is 13.9. The molecular weight excluding hydrogens is 566 g/mol. The van der Waals surface area contributed by atoms with Crippen molar-refractivity contribution in [1.29, 1.82) is 0 Å². The monoisotopic (exact) mass is 599 g/mol. The van der Waals surface area contributed by atoms with E-state index >= 15 is 0 Å². The van der Waals surface area contributed by atoms with Crippen LogP contribution in [0.4, 0.5) is 4.79 Å². The SMILES string of the molecule is CCOC(=O)NC1CC(OC2CC(O)(C(C)=O)Cc3c(O)c4c(c(O)c32)C(=O)c2c(OC)cccc2C4=O)OC(C)C1O. The van der Waals surface area contributed by atoms with Crippen LogP contribution in [0.2, 0.25) is 0 Å². The quantitative estimate of drug-likeness (QED) is 0.258. The molecule has 6 atom stereocenters. The van der Waals surface area contributed by atoms with Gasteiger partial charge in [-0.25, -0.2) is 4.79 Å². The van der Waals surface area contributed by atoms with Crippen LogP contribution in [0, 0.1) is 0 Å². The topological polar surface area (TPSA) is 198 Å². The van der Waals surface area contributed by atoms with E-state index in [-0.39, 0.29) is 41.0 Å². The minimum atomic E-state index is -2.07. The number of carbonyl (C=O) groups excluding carboxylic acids is 4. The molecule has 0 bridgehead atoms. The zero-order chi connectivity index (χ0) is 31.4. The number of carbonyl (C=O) groups is 4. The summed E-state index contributed by atoms with van der Waals surface area (Å²) in [6, 6.07) is 3.52. The highest BCUT2D eigenvalue weighted by atomic mass is 16.7. The second kappa shape index (κ2) is 11.2. The highest BCUT2D eigenvalue weighted by Crippen LogP contribution is 2.52. The molecule has 6 unspecified atom stereocenters. The maximum absolute atomic E-state index is 13.8. The van der Waals surface area contributed by atoms with Crippen molar-refractivity contribution in [3.63, 3.8) is 0 Å². The zero-order valence-corrected chi connectivity index (χ0v) is 24.0. The van der Waals surface area contributed by atoms with Crippen LogP contribution in [0.5, 0.6) is 17.2 Å². The summed E-state index contributed by atoms with van der Waals surface area (Å²) in [6.45, 7) is 4.44. The fraction of sp³-hybridized carbons (Fsp3) is 0.467. The Bertz CT molecular complexity index is 1520. The number of aliphatic hydroxyl groups excluding tert-OH is 1. The number of alkyl carbamates (subject to hydrolysis) is 1. The van der Waals surface area contributed by atoms with Gasteiger partial charge >= 0.3 is 6.09 Å². The Hall–Kier alpha value is -4.04. The molecule has 3 aliphatic rings. The van der Waals surface area contributed by atoms with Gasteiger partial charge in [0.25, 0.3) is 0 Å². The van der Waals surface area contributed by atoms with Crippen LogP contribution in [0.25, 0.3) is 0 Å². The summed E-state index contributed by atoms with van der Waals surface area (Å²) in [4.78, 5) is 52.0.